The molecule has 0 N–H and O–H groups in total. The van der Waals surface area contributed by atoms with E-state index in [0.29, 0.717) is 13.1 Å². The number of rotatable bonds is 7. The zero-order chi connectivity index (χ0) is 19.5. The van der Waals surface area contributed by atoms with Gasteiger partial charge in [0.05, 0.1) is 18.5 Å². The van der Waals surface area contributed by atoms with Crippen LogP contribution >= 0.6 is 11.3 Å². The molecule has 0 radical (unpaired) electrons. The van der Waals surface area contributed by atoms with Crippen LogP contribution in [0.5, 0.6) is 0 Å². The van der Waals surface area contributed by atoms with Crippen molar-refractivity contribution in [1.82, 2.24) is 14.3 Å². The van der Waals surface area contributed by atoms with E-state index in [1.807, 2.05) is 49.1 Å². The maximum absolute atomic E-state index is 12.6. The Labute approximate surface area is 168 Å². The molecule has 1 aromatic carbocycles. The van der Waals surface area contributed by atoms with Crippen LogP contribution in [0, 0.1) is 5.92 Å². The second-order valence-electron chi connectivity index (χ2n) is 7.12. The molecule has 4 rings (SSSR count). The summed E-state index contributed by atoms with van der Waals surface area (Å²) in [5.41, 5.74) is 3.24. The molecule has 1 amide bonds. The van der Waals surface area contributed by atoms with Crippen LogP contribution < -0.4 is 0 Å². The van der Waals surface area contributed by atoms with Gasteiger partial charge in [0, 0.05) is 41.7 Å². The van der Waals surface area contributed by atoms with Crippen molar-refractivity contribution in [2.45, 2.75) is 26.8 Å². The van der Waals surface area contributed by atoms with Gasteiger partial charge in [-0.15, -0.1) is 11.3 Å². The lowest BCUT2D eigenvalue weighted by atomic mass is 10.1. The lowest BCUT2D eigenvalue weighted by Crippen LogP contribution is -2.35. The number of furan rings is 1. The summed E-state index contributed by atoms with van der Waals surface area (Å²) >= 11 is 1.63. The fraction of sp³-hybridized carbons (Fsp3) is 0.273. The average Bonchev–Trinajstić information content (AvgIpc) is 3.43. The van der Waals surface area contributed by atoms with Crippen molar-refractivity contribution in [2.75, 3.05) is 6.54 Å². The molecule has 144 valence electrons. The molecule has 3 heterocycles. The van der Waals surface area contributed by atoms with Crippen LogP contribution in [0.15, 0.2) is 64.7 Å². The minimum absolute atomic E-state index is 0.0459. The number of carbonyl (C=O) groups is 1. The summed E-state index contributed by atoms with van der Waals surface area (Å²) in [6.45, 7) is 5.00. The number of hydrogen-bond donors (Lipinski definition) is 0. The summed E-state index contributed by atoms with van der Waals surface area (Å²) < 4.78 is 7.58. The fourth-order valence-corrected chi connectivity index (χ4v) is 4.14. The number of carbonyl (C=O) groups excluding carboxylic acids is 1. The monoisotopic (exact) mass is 393 g/mol. The minimum Gasteiger partial charge on any atom is -0.467 e. The van der Waals surface area contributed by atoms with Crippen molar-refractivity contribution >= 4 is 22.2 Å². The van der Waals surface area contributed by atoms with Gasteiger partial charge in [-0.05, 0) is 12.1 Å². The SMILES string of the molecule is CC(C)C(=O)N(CCc1csc2nc(-c3ccccc3)cn12)Cc1ccco1. The van der Waals surface area contributed by atoms with Crippen LogP contribution in [0.4, 0.5) is 0 Å². The molecular weight excluding hydrogens is 370 g/mol. The molecule has 4 aromatic rings. The number of benzene rings is 1. The van der Waals surface area contributed by atoms with Crippen LogP contribution in [0.1, 0.15) is 25.3 Å². The normalized spacial score (nSPS) is 11.4. The van der Waals surface area contributed by atoms with E-state index in [1.165, 1.54) is 0 Å². The van der Waals surface area contributed by atoms with E-state index in [9.17, 15) is 4.79 Å². The highest BCUT2D eigenvalue weighted by atomic mass is 32.1. The smallest absolute Gasteiger partial charge is 0.225 e. The van der Waals surface area contributed by atoms with Crippen molar-refractivity contribution in [3.63, 3.8) is 0 Å². The van der Waals surface area contributed by atoms with Gasteiger partial charge >= 0.3 is 0 Å². The fourth-order valence-electron chi connectivity index (χ4n) is 3.23. The van der Waals surface area contributed by atoms with Gasteiger partial charge in [-0.25, -0.2) is 4.98 Å². The molecule has 6 heteroatoms. The number of amides is 1. The van der Waals surface area contributed by atoms with Gasteiger partial charge < -0.3 is 9.32 Å². The highest BCUT2D eigenvalue weighted by Crippen LogP contribution is 2.24. The summed E-state index contributed by atoms with van der Waals surface area (Å²) in [4.78, 5) is 20.2. The third-order valence-corrected chi connectivity index (χ3v) is 5.61. The van der Waals surface area contributed by atoms with Crippen molar-refractivity contribution in [1.29, 1.82) is 0 Å². The third kappa shape index (κ3) is 3.87. The number of nitrogens with zero attached hydrogens (tertiary/aromatic N) is 3. The van der Waals surface area contributed by atoms with Gasteiger partial charge in [0.2, 0.25) is 5.91 Å². The van der Waals surface area contributed by atoms with Crippen LogP contribution in [-0.2, 0) is 17.8 Å². The Kier molecular flexibility index (Phi) is 5.30. The van der Waals surface area contributed by atoms with Crippen LogP contribution in [0.25, 0.3) is 16.2 Å². The lowest BCUT2D eigenvalue weighted by Gasteiger charge is -2.23. The van der Waals surface area contributed by atoms with E-state index in [4.69, 9.17) is 9.40 Å². The topological polar surface area (TPSA) is 50.8 Å². The molecule has 0 aliphatic rings. The molecule has 0 saturated heterocycles. The molecule has 0 unspecified atom stereocenters. The second-order valence-corrected chi connectivity index (χ2v) is 7.95. The molecule has 28 heavy (non-hydrogen) atoms. The van der Waals surface area contributed by atoms with Gasteiger partial charge in [-0.1, -0.05) is 44.2 Å². The zero-order valence-electron chi connectivity index (χ0n) is 16.0. The summed E-state index contributed by atoms with van der Waals surface area (Å²) in [5, 5.41) is 2.13. The molecule has 0 bridgehead atoms. The predicted octanol–water partition coefficient (Wildman–Crippen LogP) is 4.88. The standard InChI is InChI=1S/C22H23N3O2S/c1-16(2)21(26)24(13-19-9-6-12-27-19)11-10-18-15-28-22-23-20(14-25(18)22)17-7-4-3-5-8-17/h3-9,12,14-16H,10-11,13H2,1-2H3. The number of fused-ring (bicyclic) bond motifs is 1. The van der Waals surface area contributed by atoms with Crippen molar-refractivity contribution in [3.8, 4) is 11.3 Å². The number of hydrogen-bond acceptors (Lipinski definition) is 4. The third-order valence-electron chi connectivity index (χ3n) is 4.72. The van der Waals surface area contributed by atoms with Crippen molar-refractivity contribution in [2.24, 2.45) is 5.92 Å². The van der Waals surface area contributed by atoms with Gasteiger partial charge in [-0.2, -0.15) is 0 Å². The molecule has 0 fully saturated rings. The first-order valence-corrected chi connectivity index (χ1v) is 10.3. The Hall–Kier alpha value is -2.86. The highest BCUT2D eigenvalue weighted by molar-refractivity contribution is 7.15. The summed E-state index contributed by atoms with van der Waals surface area (Å²) in [5.74, 6) is 0.896. The maximum atomic E-state index is 12.6. The summed E-state index contributed by atoms with van der Waals surface area (Å²) in [6.07, 6.45) is 4.49. The van der Waals surface area contributed by atoms with E-state index in [2.05, 4.69) is 28.1 Å². The Bertz CT molecular complexity index is 1050. The van der Waals surface area contributed by atoms with E-state index >= 15 is 0 Å². The molecular formula is C22H23N3O2S. The Balaban J connectivity index is 1.53. The van der Waals surface area contributed by atoms with E-state index < -0.39 is 0 Å². The molecule has 0 aliphatic carbocycles. The van der Waals surface area contributed by atoms with Gasteiger partial charge in [-0.3, -0.25) is 9.20 Å². The Morgan fingerprint density at radius 2 is 2.04 bits per heavy atom. The van der Waals surface area contributed by atoms with E-state index in [-0.39, 0.29) is 11.8 Å². The molecule has 0 aliphatic heterocycles. The van der Waals surface area contributed by atoms with Crippen LogP contribution in [0.2, 0.25) is 0 Å². The predicted molar refractivity (Wildman–Crippen MR) is 111 cm³/mol. The van der Waals surface area contributed by atoms with Crippen LogP contribution in [-0.4, -0.2) is 26.7 Å². The Morgan fingerprint density at radius 3 is 2.75 bits per heavy atom. The molecule has 0 saturated carbocycles. The quantitative estimate of drug-likeness (QED) is 0.449. The first-order valence-electron chi connectivity index (χ1n) is 9.44. The second kappa shape index (κ2) is 8.02. The summed E-state index contributed by atoms with van der Waals surface area (Å²) in [7, 11) is 0. The average molecular weight is 394 g/mol. The van der Waals surface area contributed by atoms with Crippen molar-refractivity contribution < 1.29 is 9.21 Å². The Morgan fingerprint density at radius 1 is 1.21 bits per heavy atom. The zero-order valence-corrected chi connectivity index (χ0v) is 16.9. The van der Waals surface area contributed by atoms with Gasteiger partial charge in [0.1, 0.15) is 5.76 Å². The van der Waals surface area contributed by atoms with Crippen molar-refractivity contribution in [3.05, 3.63) is 71.8 Å². The highest BCUT2D eigenvalue weighted by Gasteiger charge is 2.19. The number of thiazole rings is 1. The first-order chi connectivity index (χ1) is 13.6. The largest absolute Gasteiger partial charge is 0.467 e. The number of imidazole rings is 1. The minimum atomic E-state index is -0.0459. The van der Waals surface area contributed by atoms with E-state index in [0.717, 1.165) is 34.1 Å². The molecule has 0 atom stereocenters. The van der Waals surface area contributed by atoms with Gasteiger partial charge in [0.15, 0.2) is 4.96 Å². The lowest BCUT2D eigenvalue weighted by molar-refractivity contribution is -0.135. The number of aromatic nitrogens is 2. The molecule has 0 spiro atoms. The molecule has 3 aromatic heterocycles. The van der Waals surface area contributed by atoms with E-state index in [1.54, 1.807) is 17.6 Å². The van der Waals surface area contributed by atoms with Gasteiger partial charge in [0.25, 0.3) is 0 Å². The first kappa shape index (κ1) is 18.5. The van der Waals surface area contributed by atoms with Crippen LogP contribution in [0.3, 0.4) is 0 Å². The molecule has 5 nitrogen and oxygen atoms in total. The summed E-state index contributed by atoms with van der Waals surface area (Å²) in [6, 6.07) is 13.9. The maximum Gasteiger partial charge on any atom is 0.225 e.